The molecule has 0 radical (unpaired) electrons. The largest absolute Gasteiger partial charge is 0.325 e. The van der Waals surface area contributed by atoms with Gasteiger partial charge in [-0.3, -0.25) is 5.10 Å². The van der Waals surface area contributed by atoms with Gasteiger partial charge in [-0.25, -0.2) is 16.8 Å². The van der Waals surface area contributed by atoms with Crippen LogP contribution < -0.4 is 5.73 Å². The van der Waals surface area contributed by atoms with E-state index in [1.54, 1.807) is 6.92 Å². The molecule has 0 spiro atoms. The van der Waals surface area contributed by atoms with Crippen LogP contribution in [0.5, 0.6) is 0 Å². The van der Waals surface area contributed by atoms with Gasteiger partial charge in [0.05, 0.1) is 22.9 Å². The van der Waals surface area contributed by atoms with Gasteiger partial charge in [0.2, 0.25) is 10.0 Å². The fourth-order valence-corrected chi connectivity index (χ4v) is 5.23. The molecule has 0 aromatic carbocycles. The number of hydrogen-bond acceptors (Lipinski definition) is 6. The highest BCUT2D eigenvalue weighted by atomic mass is 32.2. The third-order valence-electron chi connectivity index (χ3n) is 3.06. The van der Waals surface area contributed by atoms with Crippen LogP contribution in [0.1, 0.15) is 11.4 Å². The maximum atomic E-state index is 12.5. The molecule has 1 aliphatic rings. The van der Waals surface area contributed by atoms with Gasteiger partial charge < -0.3 is 5.73 Å². The van der Waals surface area contributed by atoms with E-state index < -0.39 is 19.9 Å². The molecule has 1 aliphatic heterocycles. The highest BCUT2D eigenvalue weighted by Crippen LogP contribution is 2.23. The van der Waals surface area contributed by atoms with Crippen molar-refractivity contribution in [1.29, 1.82) is 0 Å². The van der Waals surface area contributed by atoms with Crippen molar-refractivity contribution >= 4 is 19.9 Å². The normalized spacial score (nSPS) is 20.5. The number of nitrogens with zero attached hydrogens (tertiary/aromatic N) is 2. The Balaban J connectivity index is 2.36. The molecule has 0 aliphatic carbocycles. The van der Waals surface area contributed by atoms with Crippen molar-refractivity contribution in [3.05, 3.63) is 11.4 Å². The summed E-state index contributed by atoms with van der Waals surface area (Å²) in [4.78, 5) is 0.0642. The van der Waals surface area contributed by atoms with Crippen molar-refractivity contribution in [1.82, 2.24) is 14.5 Å². The van der Waals surface area contributed by atoms with E-state index in [9.17, 15) is 16.8 Å². The van der Waals surface area contributed by atoms with Gasteiger partial charge in [0.25, 0.3) is 0 Å². The quantitative estimate of drug-likeness (QED) is 0.707. The molecule has 108 valence electrons. The number of aryl methyl sites for hydroxylation is 1. The van der Waals surface area contributed by atoms with Crippen LogP contribution in [0.2, 0.25) is 0 Å². The van der Waals surface area contributed by atoms with Crippen molar-refractivity contribution in [3.63, 3.8) is 0 Å². The predicted octanol–water partition coefficient (Wildman–Crippen LogP) is -1.40. The number of nitrogens with two attached hydrogens (primary N) is 1. The van der Waals surface area contributed by atoms with Gasteiger partial charge in [-0.2, -0.15) is 9.40 Å². The molecule has 3 N–H and O–H groups in total. The van der Waals surface area contributed by atoms with Crippen molar-refractivity contribution in [2.45, 2.75) is 18.4 Å². The summed E-state index contributed by atoms with van der Waals surface area (Å²) in [6.45, 7) is 1.55. The van der Waals surface area contributed by atoms with Crippen molar-refractivity contribution in [3.8, 4) is 0 Å². The molecule has 10 heteroatoms. The lowest BCUT2D eigenvalue weighted by Gasteiger charge is -2.26. The van der Waals surface area contributed by atoms with E-state index in [1.807, 2.05) is 0 Å². The summed E-state index contributed by atoms with van der Waals surface area (Å²) in [6, 6.07) is 0. The number of aromatic amines is 1. The lowest BCUT2D eigenvalue weighted by Crippen LogP contribution is -2.44. The van der Waals surface area contributed by atoms with Gasteiger partial charge >= 0.3 is 0 Å². The Kier molecular flexibility index (Phi) is 3.69. The SMILES string of the molecule is Cc1[nH]nc(CN)c1S(=O)(=O)N1CCS(=O)(=O)CC1. The number of hydrogen-bond donors (Lipinski definition) is 2. The summed E-state index contributed by atoms with van der Waals surface area (Å²) in [5.74, 6) is -0.303. The average molecular weight is 308 g/mol. The van der Waals surface area contributed by atoms with Gasteiger partial charge in [-0.05, 0) is 6.92 Å². The molecule has 0 atom stereocenters. The molecule has 2 rings (SSSR count). The summed E-state index contributed by atoms with van der Waals surface area (Å²) in [5.41, 5.74) is 6.15. The average Bonchev–Trinajstić information content (AvgIpc) is 2.70. The zero-order chi connectivity index (χ0) is 14.3. The Morgan fingerprint density at radius 2 is 1.95 bits per heavy atom. The van der Waals surface area contributed by atoms with E-state index in [0.29, 0.717) is 5.69 Å². The number of H-pyrrole nitrogens is 1. The zero-order valence-electron chi connectivity index (χ0n) is 10.5. The first-order valence-electron chi connectivity index (χ1n) is 5.72. The molecule has 0 saturated carbocycles. The molecule has 0 bridgehead atoms. The maximum Gasteiger partial charge on any atom is 0.246 e. The first-order valence-corrected chi connectivity index (χ1v) is 8.98. The van der Waals surface area contributed by atoms with E-state index in [0.717, 1.165) is 0 Å². The molecular weight excluding hydrogens is 292 g/mol. The Labute approximate surface area is 111 Å². The standard InChI is InChI=1S/C9H16N4O4S2/c1-7-9(8(6-10)12-11-7)19(16,17)13-2-4-18(14,15)5-3-13/h2-6,10H2,1H3,(H,11,12). The summed E-state index contributed by atoms with van der Waals surface area (Å²) in [6.07, 6.45) is 0. The minimum absolute atomic E-state index is 0.00500. The lowest BCUT2D eigenvalue weighted by molar-refractivity contribution is 0.430. The zero-order valence-corrected chi connectivity index (χ0v) is 12.1. The van der Waals surface area contributed by atoms with Crippen molar-refractivity contribution in [2.75, 3.05) is 24.6 Å². The van der Waals surface area contributed by atoms with Crippen LogP contribution in [0.4, 0.5) is 0 Å². The van der Waals surface area contributed by atoms with E-state index >= 15 is 0 Å². The Hall–Kier alpha value is -0.970. The Bertz CT molecular complexity index is 663. The summed E-state index contributed by atoms with van der Waals surface area (Å²) in [5, 5.41) is 6.45. The Morgan fingerprint density at radius 3 is 2.47 bits per heavy atom. The molecule has 1 aromatic heterocycles. The molecule has 1 saturated heterocycles. The maximum absolute atomic E-state index is 12.5. The van der Waals surface area contributed by atoms with Gasteiger partial charge in [0.1, 0.15) is 4.90 Å². The van der Waals surface area contributed by atoms with Gasteiger partial charge in [-0.15, -0.1) is 0 Å². The van der Waals surface area contributed by atoms with E-state index in [2.05, 4.69) is 10.2 Å². The third-order valence-corrected chi connectivity index (χ3v) is 6.77. The van der Waals surface area contributed by atoms with Gasteiger partial charge in [0.15, 0.2) is 9.84 Å². The van der Waals surface area contributed by atoms with Gasteiger partial charge in [-0.1, -0.05) is 0 Å². The first kappa shape index (κ1) is 14.4. The number of nitrogens with one attached hydrogen (secondary N) is 1. The fourth-order valence-electron chi connectivity index (χ4n) is 2.02. The fraction of sp³-hybridized carbons (Fsp3) is 0.667. The first-order chi connectivity index (χ1) is 8.78. The molecule has 1 aromatic rings. The van der Waals surface area contributed by atoms with E-state index in [4.69, 9.17) is 5.73 Å². The molecule has 0 amide bonds. The highest BCUT2D eigenvalue weighted by Gasteiger charge is 2.34. The van der Waals surface area contributed by atoms with Crippen LogP contribution in [-0.4, -0.2) is 55.9 Å². The second-order valence-corrected chi connectivity index (χ2v) is 8.56. The molecule has 1 fully saturated rings. The van der Waals surface area contributed by atoms with Crippen LogP contribution >= 0.6 is 0 Å². The van der Waals surface area contributed by atoms with Crippen LogP contribution in [-0.2, 0) is 26.4 Å². The van der Waals surface area contributed by atoms with Crippen LogP contribution in [0, 0.1) is 6.92 Å². The smallest absolute Gasteiger partial charge is 0.246 e. The van der Waals surface area contributed by atoms with Crippen LogP contribution in [0.25, 0.3) is 0 Å². The molecule has 0 unspecified atom stereocenters. The molecular formula is C9H16N4O4S2. The summed E-state index contributed by atoms with van der Waals surface area (Å²) >= 11 is 0. The topological polar surface area (TPSA) is 126 Å². The number of sulfonamides is 1. The van der Waals surface area contributed by atoms with Crippen LogP contribution in [0.15, 0.2) is 4.90 Å². The van der Waals surface area contributed by atoms with E-state index in [1.165, 1.54) is 4.31 Å². The molecule has 8 nitrogen and oxygen atoms in total. The minimum atomic E-state index is -3.75. The molecule has 2 heterocycles. The minimum Gasteiger partial charge on any atom is -0.325 e. The second kappa shape index (κ2) is 4.85. The number of sulfone groups is 1. The van der Waals surface area contributed by atoms with E-state index in [-0.39, 0.29) is 41.7 Å². The van der Waals surface area contributed by atoms with Crippen molar-refractivity contribution < 1.29 is 16.8 Å². The highest BCUT2D eigenvalue weighted by molar-refractivity contribution is 7.92. The Morgan fingerprint density at radius 1 is 1.37 bits per heavy atom. The predicted molar refractivity (Wildman–Crippen MR) is 68.6 cm³/mol. The second-order valence-electron chi connectivity index (χ2n) is 4.38. The lowest BCUT2D eigenvalue weighted by atomic mass is 10.4. The number of rotatable bonds is 3. The molecule has 19 heavy (non-hydrogen) atoms. The number of aromatic nitrogens is 2. The summed E-state index contributed by atoms with van der Waals surface area (Å²) < 4.78 is 48.8. The monoisotopic (exact) mass is 308 g/mol. The summed E-state index contributed by atoms with van der Waals surface area (Å²) in [7, 11) is -6.87. The van der Waals surface area contributed by atoms with Crippen LogP contribution in [0.3, 0.4) is 0 Å². The third kappa shape index (κ3) is 2.66. The van der Waals surface area contributed by atoms with Gasteiger partial charge in [0, 0.05) is 19.6 Å². The van der Waals surface area contributed by atoms with Crippen molar-refractivity contribution in [2.24, 2.45) is 5.73 Å².